The molecule has 1 amide bonds. The number of hydrogen-bond donors (Lipinski definition) is 2. The van der Waals surface area contributed by atoms with Gasteiger partial charge >= 0.3 is 0 Å². The molecule has 2 aromatic rings. The Hall–Kier alpha value is -2.47. The normalized spacial score (nSPS) is 20.1. The highest BCUT2D eigenvalue weighted by molar-refractivity contribution is 5.92. The van der Waals surface area contributed by atoms with Crippen LogP contribution < -0.4 is 10.9 Å². The average Bonchev–Trinajstić information content (AvgIpc) is 2.78. The van der Waals surface area contributed by atoms with Gasteiger partial charge in [0.15, 0.2) is 0 Å². The van der Waals surface area contributed by atoms with Crippen LogP contribution in [0.5, 0.6) is 0 Å². The summed E-state index contributed by atoms with van der Waals surface area (Å²) < 4.78 is 1.11. The number of carbonyl (C=O) groups is 1. The zero-order chi connectivity index (χ0) is 15.0. The van der Waals surface area contributed by atoms with E-state index in [4.69, 9.17) is 0 Å². The molecule has 6 nitrogen and oxygen atoms in total. The molecule has 2 N–H and O–H groups in total. The Morgan fingerprint density at radius 1 is 1.33 bits per heavy atom. The van der Waals surface area contributed by atoms with E-state index in [2.05, 4.69) is 10.4 Å². The Morgan fingerprint density at radius 3 is 2.86 bits per heavy atom. The molecule has 6 heteroatoms. The van der Waals surface area contributed by atoms with Gasteiger partial charge in [0, 0.05) is 19.5 Å². The van der Waals surface area contributed by atoms with E-state index in [-0.39, 0.29) is 11.3 Å². The second-order valence-electron chi connectivity index (χ2n) is 5.10. The van der Waals surface area contributed by atoms with E-state index in [0.29, 0.717) is 6.42 Å². The fourth-order valence-electron chi connectivity index (χ4n) is 2.59. The van der Waals surface area contributed by atoms with Crippen LogP contribution in [-0.2, 0) is 13.5 Å². The summed E-state index contributed by atoms with van der Waals surface area (Å²) in [6.07, 6.45) is -0.138. The number of rotatable bonds is 2. The number of benzene rings is 1. The maximum Gasteiger partial charge on any atom is 0.272 e. The average molecular weight is 285 g/mol. The number of aromatic nitrogens is 2. The van der Waals surface area contributed by atoms with E-state index in [1.807, 2.05) is 24.3 Å². The molecule has 0 unspecified atom stereocenters. The zero-order valence-electron chi connectivity index (χ0n) is 11.5. The second-order valence-corrected chi connectivity index (χ2v) is 5.10. The third kappa shape index (κ3) is 2.45. The number of aryl methyl sites for hydroxylation is 1. The lowest BCUT2D eigenvalue weighted by atomic mass is 10.1. The molecule has 21 heavy (non-hydrogen) atoms. The number of fused-ring (bicyclic) bond motifs is 1. The third-order valence-electron chi connectivity index (χ3n) is 3.68. The molecule has 0 bridgehead atoms. The first-order valence-corrected chi connectivity index (χ1v) is 6.67. The molecule has 1 aliphatic carbocycles. The minimum atomic E-state index is -0.654. The lowest BCUT2D eigenvalue weighted by Crippen LogP contribution is -2.35. The highest BCUT2D eigenvalue weighted by Crippen LogP contribution is 2.31. The molecule has 0 saturated heterocycles. The minimum absolute atomic E-state index is 0.147. The SMILES string of the molecule is Cn1nc(C(=O)N[C@@H]2c3ccccc3C[C@@H]2O)ccc1=O. The lowest BCUT2D eigenvalue weighted by molar-refractivity contribution is 0.0851. The predicted molar refractivity (Wildman–Crippen MR) is 75.8 cm³/mol. The molecule has 0 fully saturated rings. The van der Waals surface area contributed by atoms with Crippen LogP contribution in [0.25, 0.3) is 0 Å². The Kier molecular flexibility index (Phi) is 3.31. The summed E-state index contributed by atoms with van der Waals surface area (Å²) in [7, 11) is 1.48. The fourth-order valence-corrected chi connectivity index (χ4v) is 2.59. The Balaban J connectivity index is 1.85. The summed E-state index contributed by atoms with van der Waals surface area (Å²) in [6.45, 7) is 0. The monoisotopic (exact) mass is 285 g/mol. The summed E-state index contributed by atoms with van der Waals surface area (Å²) in [5.41, 5.74) is 1.82. The van der Waals surface area contributed by atoms with E-state index in [9.17, 15) is 14.7 Å². The molecule has 1 aliphatic rings. The number of carbonyl (C=O) groups excluding carboxylic acids is 1. The first kappa shape index (κ1) is 13.5. The van der Waals surface area contributed by atoms with Gasteiger partial charge in [-0.25, -0.2) is 4.68 Å². The molecule has 1 aromatic carbocycles. The van der Waals surface area contributed by atoms with E-state index < -0.39 is 18.1 Å². The van der Waals surface area contributed by atoms with Gasteiger partial charge < -0.3 is 10.4 Å². The van der Waals surface area contributed by atoms with Gasteiger partial charge in [-0.2, -0.15) is 5.10 Å². The topological polar surface area (TPSA) is 84.2 Å². The van der Waals surface area contributed by atoms with Gasteiger partial charge in [-0.15, -0.1) is 0 Å². The quantitative estimate of drug-likeness (QED) is 0.823. The van der Waals surface area contributed by atoms with Crippen molar-refractivity contribution >= 4 is 5.91 Å². The van der Waals surface area contributed by atoms with Crippen LogP contribution in [0, 0.1) is 0 Å². The third-order valence-corrected chi connectivity index (χ3v) is 3.68. The van der Waals surface area contributed by atoms with Crippen LogP contribution >= 0.6 is 0 Å². The van der Waals surface area contributed by atoms with Gasteiger partial charge in [-0.05, 0) is 17.2 Å². The van der Waals surface area contributed by atoms with Gasteiger partial charge in [0.25, 0.3) is 11.5 Å². The summed E-state index contributed by atoms with van der Waals surface area (Å²) in [5.74, 6) is -0.411. The smallest absolute Gasteiger partial charge is 0.272 e. The molecule has 0 radical (unpaired) electrons. The van der Waals surface area contributed by atoms with Crippen molar-refractivity contribution in [2.45, 2.75) is 18.6 Å². The predicted octanol–water partition coefficient (Wildman–Crippen LogP) is 0.168. The molecule has 1 aromatic heterocycles. The number of nitrogens with zero attached hydrogens (tertiary/aromatic N) is 2. The molecular formula is C15H15N3O3. The van der Waals surface area contributed by atoms with Crippen molar-refractivity contribution in [1.82, 2.24) is 15.1 Å². The summed E-state index contributed by atoms with van der Waals surface area (Å²) >= 11 is 0. The van der Waals surface area contributed by atoms with E-state index in [0.717, 1.165) is 15.8 Å². The van der Waals surface area contributed by atoms with E-state index >= 15 is 0 Å². The van der Waals surface area contributed by atoms with Crippen molar-refractivity contribution in [2.24, 2.45) is 7.05 Å². The maximum atomic E-state index is 12.2. The van der Waals surface area contributed by atoms with Crippen LogP contribution in [-0.4, -0.2) is 26.9 Å². The van der Waals surface area contributed by atoms with Gasteiger partial charge in [0.2, 0.25) is 0 Å². The number of hydrogen-bond acceptors (Lipinski definition) is 4. The van der Waals surface area contributed by atoms with E-state index in [1.165, 1.54) is 19.2 Å². The molecule has 3 rings (SSSR count). The largest absolute Gasteiger partial charge is 0.390 e. The van der Waals surface area contributed by atoms with Crippen molar-refractivity contribution in [3.63, 3.8) is 0 Å². The minimum Gasteiger partial charge on any atom is -0.390 e. The standard InChI is InChI=1S/C15H15N3O3/c1-18-13(20)7-6-11(17-18)15(21)16-14-10-5-3-2-4-9(10)8-12(14)19/h2-7,12,14,19H,8H2,1H3,(H,16,21)/t12-,14+/m0/s1. The molecular weight excluding hydrogens is 270 g/mol. The lowest BCUT2D eigenvalue weighted by Gasteiger charge is -2.17. The first-order chi connectivity index (χ1) is 10.1. The van der Waals surface area contributed by atoms with Gasteiger partial charge in [-0.3, -0.25) is 9.59 Å². The van der Waals surface area contributed by atoms with Gasteiger partial charge in [0.05, 0.1) is 12.1 Å². The fraction of sp³-hybridized carbons (Fsp3) is 0.267. The molecule has 0 spiro atoms. The Morgan fingerprint density at radius 2 is 2.10 bits per heavy atom. The number of nitrogens with one attached hydrogen (secondary N) is 1. The number of aliphatic hydroxyl groups is 1. The summed E-state index contributed by atoms with van der Waals surface area (Å²) in [4.78, 5) is 23.5. The summed E-state index contributed by atoms with van der Waals surface area (Å²) in [5, 5.41) is 16.8. The molecule has 2 atom stereocenters. The van der Waals surface area contributed by atoms with Crippen molar-refractivity contribution in [3.8, 4) is 0 Å². The Bertz CT molecular complexity index is 754. The Labute approximate surface area is 121 Å². The molecule has 108 valence electrons. The number of amides is 1. The van der Waals surface area contributed by atoms with E-state index in [1.54, 1.807) is 0 Å². The second kappa shape index (κ2) is 5.14. The number of aliphatic hydroxyl groups excluding tert-OH is 1. The van der Waals surface area contributed by atoms with Gasteiger partial charge in [0.1, 0.15) is 5.69 Å². The zero-order valence-corrected chi connectivity index (χ0v) is 11.5. The molecule has 0 aliphatic heterocycles. The van der Waals surface area contributed by atoms with Gasteiger partial charge in [-0.1, -0.05) is 24.3 Å². The van der Waals surface area contributed by atoms with Crippen LogP contribution in [0.15, 0.2) is 41.2 Å². The van der Waals surface area contributed by atoms with Crippen LogP contribution in [0.2, 0.25) is 0 Å². The highest BCUT2D eigenvalue weighted by atomic mass is 16.3. The van der Waals surface area contributed by atoms with Crippen LogP contribution in [0.1, 0.15) is 27.7 Å². The highest BCUT2D eigenvalue weighted by Gasteiger charge is 2.32. The van der Waals surface area contributed by atoms with Crippen molar-refractivity contribution in [2.75, 3.05) is 0 Å². The van der Waals surface area contributed by atoms with Crippen LogP contribution in [0.3, 0.4) is 0 Å². The van der Waals surface area contributed by atoms with Crippen molar-refractivity contribution < 1.29 is 9.90 Å². The molecule has 0 saturated carbocycles. The molecule has 1 heterocycles. The van der Waals surface area contributed by atoms with Crippen LogP contribution in [0.4, 0.5) is 0 Å². The van der Waals surface area contributed by atoms with Crippen molar-refractivity contribution in [1.29, 1.82) is 0 Å². The first-order valence-electron chi connectivity index (χ1n) is 6.67. The summed E-state index contributed by atoms with van der Waals surface area (Å²) in [6, 6.07) is 9.84. The maximum absolute atomic E-state index is 12.2. The van der Waals surface area contributed by atoms with Crippen molar-refractivity contribution in [3.05, 3.63) is 63.6 Å².